The smallest absolute Gasteiger partial charge is 0.367 e. The van der Waals surface area contributed by atoms with Crippen LogP contribution in [0.4, 0.5) is 5.69 Å². The molecule has 0 fully saturated rings. The highest BCUT2D eigenvalue weighted by atomic mass is 35.5. The SMILES string of the molecule is CCOC(=O)c1nc(C(=O)Nc2cccc(Cl)c2)cs1. The number of thiazole rings is 1. The minimum absolute atomic E-state index is 0.156. The van der Waals surface area contributed by atoms with Crippen LogP contribution in [0.1, 0.15) is 27.2 Å². The highest BCUT2D eigenvalue weighted by Gasteiger charge is 2.16. The Labute approximate surface area is 124 Å². The Hall–Kier alpha value is -1.92. The van der Waals surface area contributed by atoms with Gasteiger partial charge in [0.2, 0.25) is 5.01 Å². The molecule has 1 aromatic carbocycles. The Bertz CT molecular complexity index is 642. The van der Waals surface area contributed by atoms with Gasteiger partial charge < -0.3 is 10.1 Å². The summed E-state index contributed by atoms with van der Waals surface area (Å²) in [5.74, 6) is -0.932. The normalized spacial score (nSPS) is 10.1. The van der Waals surface area contributed by atoms with Crippen LogP contribution in [0.15, 0.2) is 29.6 Å². The Kier molecular flexibility index (Phi) is 4.70. The number of aromatic nitrogens is 1. The van der Waals surface area contributed by atoms with E-state index in [-0.39, 0.29) is 17.3 Å². The van der Waals surface area contributed by atoms with Crippen molar-refractivity contribution in [1.29, 1.82) is 0 Å². The topological polar surface area (TPSA) is 68.3 Å². The molecule has 2 rings (SSSR count). The van der Waals surface area contributed by atoms with E-state index >= 15 is 0 Å². The molecule has 104 valence electrons. The second-order valence-corrected chi connectivity index (χ2v) is 5.02. The first kappa shape index (κ1) is 14.5. The standard InChI is InChI=1S/C13H11ClN2O3S/c1-2-19-13(18)12-16-10(7-20-12)11(17)15-9-5-3-4-8(14)6-9/h3-7H,2H2,1H3,(H,15,17). The second kappa shape index (κ2) is 6.49. The van der Waals surface area contributed by atoms with Crippen LogP contribution < -0.4 is 5.32 Å². The van der Waals surface area contributed by atoms with Crippen LogP contribution in [0, 0.1) is 0 Å². The molecule has 0 bridgehead atoms. The van der Waals surface area contributed by atoms with E-state index < -0.39 is 11.9 Å². The van der Waals surface area contributed by atoms with Crippen molar-refractivity contribution in [3.63, 3.8) is 0 Å². The average Bonchev–Trinajstić information content (AvgIpc) is 2.88. The van der Waals surface area contributed by atoms with Crippen LogP contribution >= 0.6 is 22.9 Å². The van der Waals surface area contributed by atoms with Crippen molar-refractivity contribution in [2.45, 2.75) is 6.92 Å². The highest BCUT2D eigenvalue weighted by Crippen LogP contribution is 2.17. The van der Waals surface area contributed by atoms with Gasteiger partial charge in [0.25, 0.3) is 5.91 Å². The molecule has 1 N–H and O–H groups in total. The Morgan fingerprint density at radius 1 is 1.45 bits per heavy atom. The van der Waals surface area contributed by atoms with Gasteiger partial charge >= 0.3 is 5.97 Å². The monoisotopic (exact) mass is 310 g/mol. The number of carbonyl (C=O) groups is 2. The maximum Gasteiger partial charge on any atom is 0.367 e. The summed E-state index contributed by atoms with van der Waals surface area (Å²) >= 11 is 6.90. The minimum Gasteiger partial charge on any atom is -0.461 e. The molecule has 0 aliphatic carbocycles. The summed E-state index contributed by atoms with van der Waals surface area (Å²) in [5, 5.41) is 4.84. The van der Waals surface area contributed by atoms with Crippen molar-refractivity contribution in [3.05, 3.63) is 45.4 Å². The average molecular weight is 311 g/mol. The Balaban J connectivity index is 2.08. The maximum atomic E-state index is 12.0. The third kappa shape index (κ3) is 3.55. The fraction of sp³-hybridized carbons (Fsp3) is 0.154. The van der Waals surface area contributed by atoms with Crippen molar-refractivity contribution in [3.8, 4) is 0 Å². The number of hydrogen-bond acceptors (Lipinski definition) is 5. The van der Waals surface area contributed by atoms with Crippen molar-refractivity contribution in [2.24, 2.45) is 0 Å². The number of nitrogens with zero attached hydrogens (tertiary/aromatic N) is 1. The first-order chi connectivity index (χ1) is 9.60. The van der Waals surface area contributed by atoms with E-state index in [2.05, 4.69) is 10.3 Å². The first-order valence-corrected chi connectivity index (χ1v) is 7.05. The van der Waals surface area contributed by atoms with Crippen LogP contribution in [0.2, 0.25) is 5.02 Å². The Morgan fingerprint density at radius 3 is 2.95 bits per heavy atom. The van der Waals surface area contributed by atoms with Crippen molar-refractivity contribution < 1.29 is 14.3 Å². The Morgan fingerprint density at radius 2 is 2.25 bits per heavy atom. The second-order valence-electron chi connectivity index (χ2n) is 3.72. The molecule has 1 heterocycles. The first-order valence-electron chi connectivity index (χ1n) is 5.79. The lowest BCUT2D eigenvalue weighted by Crippen LogP contribution is -2.13. The van der Waals surface area contributed by atoms with E-state index in [4.69, 9.17) is 16.3 Å². The lowest BCUT2D eigenvalue weighted by atomic mass is 10.3. The molecule has 0 radical (unpaired) electrons. The quantitative estimate of drug-likeness (QED) is 0.880. The van der Waals surface area contributed by atoms with Gasteiger partial charge in [-0.15, -0.1) is 11.3 Å². The highest BCUT2D eigenvalue weighted by molar-refractivity contribution is 7.11. The molecular formula is C13H11ClN2O3S. The lowest BCUT2D eigenvalue weighted by Gasteiger charge is -2.03. The summed E-state index contributed by atoms with van der Waals surface area (Å²) in [6, 6.07) is 6.77. The number of carbonyl (C=O) groups excluding carboxylic acids is 2. The summed E-state index contributed by atoms with van der Waals surface area (Å²) in [7, 11) is 0. The summed E-state index contributed by atoms with van der Waals surface area (Å²) in [6.07, 6.45) is 0. The predicted octanol–water partition coefficient (Wildman–Crippen LogP) is 3.23. The number of amides is 1. The van der Waals surface area contributed by atoms with E-state index in [0.29, 0.717) is 10.7 Å². The molecule has 5 nitrogen and oxygen atoms in total. The number of hydrogen-bond donors (Lipinski definition) is 1. The molecular weight excluding hydrogens is 300 g/mol. The van der Waals surface area contributed by atoms with Gasteiger partial charge in [-0.05, 0) is 25.1 Å². The number of esters is 1. The molecule has 0 atom stereocenters. The van der Waals surface area contributed by atoms with Gasteiger partial charge in [-0.3, -0.25) is 4.79 Å². The number of halogens is 1. The summed E-state index contributed by atoms with van der Waals surface area (Å²) in [5.41, 5.74) is 0.728. The molecule has 7 heteroatoms. The molecule has 0 spiro atoms. The van der Waals surface area contributed by atoms with Crippen molar-refractivity contribution >= 4 is 40.5 Å². The molecule has 1 amide bonds. The van der Waals surface area contributed by atoms with Gasteiger partial charge in [0, 0.05) is 16.1 Å². The number of anilines is 1. The molecule has 2 aromatic rings. The van der Waals surface area contributed by atoms with Crippen molar-refractivity contribution in [1.82, 2.24) is 4.98 Å². The van der Waals surface area contributed by atoms with Crippen LogP contribution in [0.5, 0.6) is 0 Å². The fourth-order valence-electron chi connectivity index (χ4n) is 1.43. The number of ether oxygens (including phenoxy) is 1. The van der Waals surface area contributed by atoms with Gasteiger partial charge in [0.1, 0.15) is 5.69 Å². The van der Waals surface area contributed by atoms with E-state index in [9.17, 15) is 9.59 Å². The summed E-state index contributed by atoms with van der Waals surface area (Å²) in [4.78, 5) is 27.4. The minimum atomic E-state index is -0.528. The molecule has 1 aromatic heterocycles. The third-order valence-corrected chi connectivity index (χ3v) is 3.33. The zero-order chi connectivity index (χ0) is 14.5. The van der Waals surface area contributed by atoms with Gasteiger partial charge in [-0.1, -0.05) is 17.7 Å². The van der Waals surface area contributed by atoms with Crippen LogP contribution in [-0.2, 0) is 4.74 Å². The van der Waals surface area contributed by atoms with Gasteiger partial charge in [-0.2, -0.15) is 0 Å². The lowest BCUT2D eigenvalue weighted by molar-refractivity contribution is 0.0526. The van der Waals surface area contributed by atoms with Crippen molar-refractivity contribution in [2.75, 3.05) is 11.9 Å². The number of rotatable bonds is 4. The molecule has 0 unspecified atom stereocenters. The molecule has 0 saturated heterocycles. The predicted molar refractivity (Wildman–Crippen MR) is 77.5 cm³/mol. The van der Waals surface area contributed by atoms with Gasteiger partial charge in [0.15, 0.2) is 0 Å². The van der Waals surface area contributed by atoms with E-state index in [1.807, 2.05) is 0 Å². The fourth-order valence-corrected chi connectivity index (χ4v) is 2.31. The van der Waals surface area contributed by atoms with Crippen LogP contribution in [-0.4, -0.2) is 23.5 Å². The molecule has 0 aliphatic heterocycles. The van der Waals surface area contributed by atoms with Gasteiger partial charge in [-0.25, -0.2) is 9.78 Å². The largest absolute Gasteiger partial charge is 0.461 e. The summed E-state index contributed by atoms with van der Waals surface area (Å²) in [6.45, 7) is 1.97. The van der Waals surface area contributed by atoms with Crippen LogP contribution in [0.3, 0.4) is 0 Å². The number of benzene rings is 1. The molecule has 0 aliphatic rings. The van der Waals surface area contributed by atoms with Gasteiger partial charge in [0.05, 0.1) is 6.61 Å². The molecule has 20 heavy (non-hydrogen) atoms. The summed E-state index contributed by atoms with van der Waals surface area (Å²) < 4.78 is 4.81. The third-order valence-electron chi connectivity index (χ3n) is 2.27. The zero-order valence-corrected chi connectivity index (χ0v) is 12.1. The van der Waals surface area contributed by atoms with E-state index in [0.717, 1.165) is 11.3 Å². The van der Waals surface area contributed by atoms with E-state index in [1.54, 1.807) is 31.2 Å². The number of nitrogens with one attached hydrogen (secondary N) is 1. The van der Waals surface area contributed by atoms with Crippen LogP contribution in [0.25, 0.3) is 0 Å². The zero-order valence-electron chi connectivity index (χ0n) is 10.6. The maximum absolute atomic E-state index is 12.0. The molecule has 0 saturated carbocycles. The van der Waals surface area contributed by atoms with E-state index in [1.165, 1.54) is 5.38 Å².